The molecule has 1 aromatic rings. The lowest BCUT2D eigenvalue weighted by molar-refractivity contribution is -0.175. The lowest BCUT2D eigenvalue weighted by Gasteiger charge is -2.30. The molecule has 1 fully saturated rings. The van der Waals surface area contributed by atoms with E-state index in [1.165, 1.54) is 21.3 Å². The number of hydrogen-bond acceptors (Lipinski definition) is 8. The highest BCUT2D eigenvalue weighted by Gasteiger charge is 2.42. The fourth-order valence-electron chi connectivity index (χ4n) is 2.62. The summed E-state index contributed by atoms with van der Waals surface area (Å²) in [6.45, 7) is 0.656. The third kappa shape index (κ3) is 3.92. The SMILES string of the molecule is COc1ccc(C2(CCOS(C)(=O)=O)OCCO2)c(OC)c1OC. The third-order valence-electron chi connectivity index (χ3n) is 3.60. The number of benzene rings is 1. The molecule has 1 aromatic carbocycles. The fraction of sp³-hybridized carbons (Fsp3) is 0.600. The second-order valence-electron chi connectivity index (χ2n) is 5.11. The van der Waals surface area contributed by atoms with Crippen LogP contribution in [0.3, 0.4) is 0 Å². The molecule has 0 bridgehead atoms. The van der Waals surface area contributed by atoms with Crippen LogP contribution >= 0.6 is 0 Å². The van der Waals surface area contributed by atoms with Gasteiger partial charge in [-0.2, -0.15) is 8.42 Å². The Morgan fingerprint density at radius 2 is 1.67 bits per heavy atom. The van der Waals surface area contributed by atoms with E-state index in [4.69, 9.17) is 27.9 Å². The van der Waals surface area contributed by atoms with Crippen LogP contribution in [0.1, 0.15) is 12.0 Å². The number of methoxy groups -OCH3 is 3. The number of rotatable bonds is 8. The van der Waals surface area contributed by atoms with Gasteiger partial charge >= 0.3 is 0 Å². The van der Waals surface area contributed by atoms with Gasteiger partial charge in [-0.3, -0.25) is 4.18 Å². The summed E-state index contributed by atoms with van der Waals surface area (Å²) in [7, 11) is 0.968. The van der Waals surface area contributed by atoms with Crippen molar-refractivity contribution in [2.75, 3.05) is 47.4 Å². The Balaban J connectivity index is 2.40. The fourth-order valence-corrected chi connectivity index (χ4v) is 3.00. The van der Waals surface area contributed by atoms with Gasteiger partial charge in [-0.15, -0.1) is 0 Å². The second kappa shape index (κ2) is 7.56. The van der Waals surface area contributed by atoms with E-state index in [1.807, 2.05) is 0 Å². The molecule has 2 rings (SSSR count). The highest BCUT2D eigenvalue weighted by atomic mass is 32.2. The van der Waals surface area contributed by atoms with Gasteiger partial charge in [-0.05, 0) is 12.1 Å². The normalized spacial score (nSPS) is 16.8. The van der Waals surface area contributed by atoms with E-state index in [1.54, 1.807) is 12.1 Å². The van der Waals surface area contributed by atoms with E-state index in [-0.39, 0.29) is 13.0 Å². The van der Waals surface area contributed by atoms with Crippen LogP contribution in [0.5, 0.6) is 17.2 Å². The summed E-state index contributed by atoms with van der Waals surface area (Å²) in [5.74, 6) is 0.131. The maximum absolute atomic E-state index is 11.2. The summed E-state index contributed by atoms with van der Waals surface area (Å²) in [6.07, 6.45) is 1.17. The zero-order valence-electron chi connectivity index (χ0n) is 14.2. The van der Waals surface area contributed by atoms with Crippen molar-refractivity contribution in [1.29, 1.82) is 0 Å². The van der Waals surface area contributed by atoms with Gasteiger partial charge in [0.1, 0.15) is 0 Å². The average molecular weight is 362 g/mol. The minimum Gasteiger partial charge on any atom is -0.493 e. The molecule has 1 saturated heterocycles. The van der Waals surface area contributed by atoms with Crippen LogP contribution in [0.25, 0.3) is 0 Å². The van der Waals surface area contributed by atoms with Crippen molar-refractivity contribution in [1.82, 2.24) is 0 Å². The van der Waals surface area contributed by atoms with Gasteiger partial charge < -0.3 is 23.7 Å². The molecule has 0 aliphatic carbocycles. The molecule has 9 heteroatoms. The van der Waals surface area contributed by atoms with Gasteiger partial charge in [0, 0.05) is 6.42 Å². The first-order chi connectivity index (χ1) is 11.4. The Bertz CT molecular complexity index is 664. The first kappa shape index (κ1) is 18.8. The topological polar surface area (TPSA) is 89.5 Å². The lowest BCUT2D eigenvalue weighted by atomic mass is 10.0. The van der Waals surface area contributed by atoms with E-state index in [0.717, 1.165) is 6.26 Å². The second-order valence-corrected chi connectivity index (χ2v) is 6.75. The van der Waals surface area contributed by atoms with Crippen molar-refractivity contribution in [3.8, 4) is 17.2 Å². The van der Waals surface area contributed by atoms with Gasteiger partial charge in [0.2, 0.25) is 11.5 Å². The van der Waals surface area contributed by atoms with Gasteiger partial charge in [-0.1, -0.05) is 0 Å². The molecule has 0 spiro atoms. The summed E-state index contributed by atoms with van der Waals surface area (Å²) < 4.78 is 54.9. The molecule has 0 unspecified atom stereocenters. The highest BCUT2D eigenvalue weighted by molar-refractivity contribution is 7.85. The van der Waals surface area contributed by atoms with E-state index in [0.29, 0.717) is 36.0 Å². The molecule has 0 aromatic heterocycles. The smallest absolute Gasteiger partial charge is 0.264 e. The van der Waals surface area contributed by atoms with Crippen LogP contribution in [-0.2, 0) is 29.6 Å². The van der Waals surface area contributed by atoms with Crippen LogP contribution in [-0.4, -0.2) is 55.8 Å². The van der Waals surface area contributed by atoms with Gasteiger partial charge in [0.05, 0.1) is 53.0 Å². The minimum atomic E-state index is -3.55. The summed E-state index contributed by atoms with van der Waals surface area (Å²) in [6, 6.07) is 3.45. The van der Waals surface area contributed by atoms with Crippen LogP contribution in [0.2, 0.25) is 0 Å². The third-order valence-corrected chi connectivity index (χ3v) is 4.19. The maximum Gasteiger partial charge on any atom is 0.264 e. The molecular weight excluding hydrogens is 340 g/mol. The molecule has 0 saturated carbocycles. The summed E-state index contributed by atoms with van der Waals surface area (Å²) in [4.78, 5) is 0. The van der Waals surface area contributed by atoms with Crippen molar-refractivity contribution in [3.05, 3.63) is 17.7 Å². The Kier molecular flexibility index (Phi) is 5.92. The van der Waals surface area contributed by atoms with Gasteiger partial charge in [0.15, 0.2) is 11.5 Å². The molecule has 0 N–H and O–H groups in total. The first-order valence-electron chi connectivity index (χ1n) is 7.28. The first-order valence-corrected chi connectivity index (χ1v) is 9.10. The number of ether oxygens (including phenoxy) is 5. The van der Waals surface area contributed by atoms with Crippen molar-refractivity contribution < 1.29 is 36.3 Å². The summed E-state index contributed by atoms with van der Waals surface area (Å²) in [5, 5.41) is 0. The molecule has 1 heterocycles. The van der Waals surface area contributed by atoms with E-state index in [2.05, 4.69) is 0 Å². The lowest BCUT2D eigenvalue weighted by Crippen LogP contribution is -2.30. The highest BCUT2D eigenvalue weighted by Crippen LogP contribution is 2.47. The molecule has 1 aliphatic heterocycles. The van der Waals surface area contributed by atoms with Crippen molar-refractivity contribution in [2.24, 2.45) is 0 Å². The Labute approximate surface area is 141 Å². The van der Waals surface area contributed by atoms with E-state index >= 15 is 0 Å². The zero-order chi connectivity index (χ0) is 17.8. The largest absolute Gasteiger partial charge is 0.493 e. The molecule has 1 aliphatic rings. The van der Waals surface area contributed by atoms with Crippen molar-refractivity contribution >= 4 is 10.1 Å². The Morgan fingerprint density at radius 3 is 2.17 bits per heavy atom. The Morgan fingerprint density at radius 1 is 1.04 bits per heavy atom. The standard InChI is InChI=1S/C15H22O8S/c1-18-12-6-5-11(13(19-2)14(12)20-3)15(21-9-10-22-15)7-8-23-24(4,16)17/h5-6H,7-10H2,1-4H3. The molecule has 8 nitrogen and oxygen atoms in total. The predicted molar refractivity (Wildman–Crippen MR) is 85.1 cm³/mol. The summed E-state index contributed by atoms with van der Waals surface area (Å²) in [5.41, 5.74) is 0.581. The molecule has 136 valence electrons. The van der Waals surface area contributed by atoms with E-state index in [9.17, 15) is 8.42 Å². The van der Waals surface area contributed by atoms with E-state index < -0.39 is 15.9 Å². The van der Waals surface area contributed by atoms with Crippen LogP contribution in [0.4, 0.5) is 0 Å². The Hall–Kier alpha value is -1.55. The molecule has 24 heavy (non-hydrogen) atoms. The van der Waals surface area contributed by atoms with Gasteiger partial charge in [-0.25, -0.2) is 0 Å². The monoisotopic (exact) mass is 362 g/mol. The quantitative estimate of drug-likeness (QED) is 0.639. The maximum atomic E-state index is 11.2. The average Bonchev–Trinajstić information content (AvgIpc) is 3.01. The molecule has 0 radical (unpaired) electrons. The van der Waals surface area contributed by atoms with Crippen LogP contribution < -0.4 is 14.2 Å². The van der Waals surface area contributed by atoms with Gasteiger partial charge in [0.25, 0.3) is 10.1 Å². The predicted octanol–water partition coefficient (Wildman–Crippen LogP) is 1.28. The molecule has 0 amide bonds. The molecule has 0 atom stereocenters. The van der Waals surface area contributed by atoms with Crippen LogP contribution in [0, 0.1) is 0 Å². The van der Waals surface area contributed by atoms with Crippen molar-refractivity contribution in [2.45, 2.75) is 12.2 Å². The number of hydrogen-bond donors (Lipinski definition) is 0. The zero-order valence-corrected chi connectivity index (χ0v) is 15.0. The minimum absolute atomic E-state index is 0.0870. The molecular formula is C15H22O8S. The van der Waals surface area contributed by atoms with Crippen LogP contribution in [0.15, 0.2) is 12.1 Å². The summed E-state index contributed by atoms with van der Waals surface area (Å²) >= 11 is 0. The van der Waals surface area contributed by atoms with Crippen molar-refractivity contribution in [3.63, 3.8) is 0 Å².